The number of aliphatic hydroxyl groups excluding tert-OH is 1. The molecule has 0 saturated carbocycles. The van der Waals surface area contributed by atoms with Gasteiger partial charge in [0.05, 0.1) is 35.5 Å². The van der Waals surface area contributed by atoms with Crippen LogP contribution >= 0.6 is 0 Å². The van der Waals surface area contributed by atoms with E-state index in [0.29, 0.717) is 5.56 Å². The van der Waals surface area contributed by atoms with Gasteiger partial charge in [-0.2, -0.15) is 0 Å². The maximum absolute atomic E-state index is 13.1. The van der Waals surface area contributed by atoms with Gasteiger partial charge in [0.25, 0.3) is 0 Å². The summed E-state index contributed by atoms with van der Waals surface area (Å²) < 4.78 is 5.20. The Labute approximate surface area is 160 Å². The van der Waals surface area contributed by atoms with Crippen molar-refractivity contribution in [1.29, 1.82) is 0 Å². The highest BCUT2D eigenvalue weighted by molar-refractivity contribution is 6.31. The zero-order valence-corrected chi connectivity index (χ0v) is 15.4. The SMILES string of the molecule is COc1cccc2c1C(=O)c1c(O)c3c(c(O)c1C2=O)C[C@](O)([C@H](C)O)CC3. The molecule has 2 aliphatic carbocycles. The Morgan fingerprint density at radius 1 is 1.04 bits per heavy atom. The number of aliphatic hydroxyl groups is 2. The van der Waals surface area contributed by atoms with Crippen molar-refractivity contribution >= 4 is 11.6 Å². The molecule has 0 heterocycles. The minimum absolute atomic E-state index is 0.0495. The van der Waals surface area contributed by atoms with Crippen molar-refractivity contribution in [1.82, 2.24) is 0 Å². The largest absolute Gasteiger partial charge is 0.507 e. The van der Waals surface area contributed by atoms with Crippen LogP contribution in [0.4, 0.5) is 0 Å². The van der Waals surface area contributed by atoms with Crippen LogP contribution in [0.1, 0.15) is 56.3 Å². The fourth-order valence-corrected chi connectivity index (χ4v) is 4.20. The second kappa shape index (κ2) is 6.05. The van der Waals surface area contributed by atoms with Crippen molar-refractivity contribution < 1.29 is 34.8 Å². The van der Waals surface area contributed by atoms with Crippen LogP contribution in [0.5, 0.6) is 17.2 Å². The predicted molar refractivity (Wildman–Crippen MR) is 98.3 cm³/mol. The molecule has 0 bridgehead atoms. The number of benzene rings is 2. The van der Waals surface area contributed by atoms with Crippen LogP contribution in [0.15, 0.2) is 18.2 Å². The van der Waals surface area contributed by atoms with Crippen LogP contribution in [0.3, 0.4) is 0 Å². The maximum atomic E-state index is 13.1. The molecule has 146 valence electrons. The van der Waals surface area contributed by atoms with E-state index in [1.807, 2.05) is 0 Å². The summed E-state index contributed by atoms with van der Waals surface area (Å²) >= 11 is 0. The molecule has 0 spiro atoms. The number of carbonyl (C=O) groups excluding carboxylic acids is 2. The average molecular weight is 384 g/mol. The summed E-state index contributed by atoms with van der Waals surface area (Å²) in [6, 6.07) is 4.57. The first-order valence-electron chi connectivity index (χ1n) is 8.97. The van der Waals surface area contributed by atoms with Gasteiger partial charge in [0.1, 0.15) is 17.2 Å². The Balaban J connectivity index is 1.99. The molecule has 28 heavy (non-hydrogen) atoms. The monoisotopic (exact) mass is 384 g/mol. The Kier molecular flexibility index (Phi) is 3.99. The second-order valence-electron chi connectivity index (χ2n) is 7.40. The van der Waals surface area contributed by atoms with Gasteiger partial charge >= 0.3 is 0 Å². The van der Waals surface area contributed by atoms with Gasteiger partial charge in [0, 0.05) is 23.1 Å². The summed E-state index contributed by atoms with van der Waals surface area (Å²) in [4.78, 5) is 26.2. The van der Waals surface area contributed by atoms with Crippen molar-refractivity contribution in [2.75, 3.05) is 7.11 Å². The fraction of sp³-hybridized carbons (Fsp3) is 0.333. The van der Waals surface area contributed by atoms with E-state index in [9.17, 15) is 30.0 Å². The number of methoxy groups -OCH3 is 1. The van der Waals surface area contributed by atoms with E-state index in [2.05, 4.69) is 0 Å². The lowest BCUT2D eigenvalue weighted by molar-refractivity contribution is -0.0748. The first-order valence-corrected chi connectivity index (χ1v) is 8.97. The normalized spacial score (nSPS) is 21.6. The highest BCUT2D eigenvalue weighted by atomic mass is 16.5. The lowest BCUT2D eigenvalue weighted by atomic mass is 9.73. The van der Waals surface area contributed by atoms with Crippen molar-refractivity contribution in [3.8, 4) is 17.2 Å². The molecule has 0 fully saturated rings. The van der Waals surface area contributed by atoms with Crippen molar-refractivity contribution in [2.45, 2.75) is 37.9 Å². The second-order valence-corrected chi connectivity index (χ2v) is 7.40. The molecule has 0 aliphatic heterocycles. The third-order valence-electron chi connectivity index (χ3n) is 5.90. The molecule has 7 nitrogen and oxygen atoms in total. The zero-order valence-electron chi connectivity index (χ0n) is 15.4. The Bertz CT molecular complexity index is 1040. The molecule has 0 amide bonds. The first kappa shape index (κ1) is 18.5. The summed E-state index contributed by atoms with van der Waals surface area (Å²) in [6.07, 6.45) is -0.922. The Hall–Kier alpha value is -2.90. The topological polar surface area (TPSA) is 124 Å². The fourth-order valence-electron chi connectivity index (χ4n) is 4.20. The standard InChI is InChI=1S/C21H20O7/c1-9(22)21(27)7-6-10-12(8-21)19(25)15-16(17(10)23)20(26)14-11(18(15)24)4-3-5-13(14)28-2/h3-5,9,22-23,25,27H,6-8H2,1-2H3/t9-,21-/m0/s1. The summed E-state index contributed by atoms with van der Waals surface area (Å²) in [5.74, 6) is -1.81. The Morgan fingerprint density at radius 2 is 1.68 bits per heavy atom. The number of ether oxygens (including phenoxy) is 1. The van der Waals surface area contributed by atoms with Gasteiger partial charge in [-0.15, -0.1) is 0 Å². The van der Waals surface area contributed by atoms with E-state index in [1.54, 1.807) is 12.1 Å². The summed E-state index contributed by atoms with van der Waals surface area (Å²) in [5.41, 5.74) is -1.41. The molecule has 4 rings (SSSR count). The van der Waals surface area contributed by atoms with E-state index in [0.717, 1.165) is 0 Å². The molecular formula is C21H20O7. The maximum Gasteiger partial charge on any atom is 0.202 e. The summed E-state index contributed by atoms with van der Waals surface area (Å²) in [7, 11) is 1.38. The number of hydrogen-bond donors (Lipinski definition) is 4. The molecular weight excluding hydrogens is 364 g/mol. The molecule has 2 aromatic carbocycles. The zero-order chi connectivity index (χ0) is 20.4. The van der Waals surface area contributed by atoms with Crippen molar-refractivity contribution in [2.24, 2.45) is 0 Å². The number of ketones is 2. The highest BCUT2D eigenvalue weighted by Gasteiger charge is 2.44. The van der Waals surface area contributed by atoms with Gasteiger partial charge in [-0.25, -0.2) is 0 Å². The summed E-state index contributed by atoms with van der Waals surface area (Å²) in [6.45, 7) is 1.44. The van der Waals surface area contributed by atoms with Gasteiger partial charge in [0.15, 0.2) is 5.78 Å². The van der Waals surface area contributed by atoms with Gasteiger partial charge in [-0.3, -0.25) is 9.59 Å². The molecule has 0 unspecified atom stereocenters. The summed E-state index contributed by atoms with van der Waals surface area (Å²) in [5, 5.41) is 42.2. The number of phenols is 2. The molecule has 7 heteroatoms. The molecule has 0 saturated heterocycles. The highest BCUT2D eigenvalue weighted by Crippen LogP contribution is 2.48. The average Bonchev–Trinajstić information content (AvgIpc) is 2.68. The minimum atomic E-state index is -1.49. The lowest BCUT2D eigenvalue weighted by Crippen LogP contribution is -2.45. The number of fused-ring (bicyclic) bond motifs is 3. The lowest BCUT2D eigenvalue weighted by Gasteiger charge is -2.37. The number of hydrogen-bond acceptors (Lipinski definition) is 7. The van der Waals surface area contributed by atoms with Gasteiger partial charge in [0.2, 0.25) is 5.78 Å². The van der Waals surface area contributed by atoms with Crippen LogP contribution in [0, 0.1) is 0 Å². The quantitative estimate of drug-likeness (QED) is 0.493. The minimum Gasteiger partial charge on any atom is -0.507 e. The van der Waals surface area contributed by atoms with Crippen LogP contribution in [-0.4, -0.2) is 50.8 Å². The van der Waals surface area contributed by atoms with Crippen LogP contribution in [0.2, 0.25) is 0 Å². The van der Waals surface area contributed by atoms with Gasteiger partial charge in [-0.05, 0) is 25.8 Å². The van der Waals surface area contributed by atoms with Crippen molar-refractivity contribution in [3.05, 3.63) is 51.6 Å². The predicted octanol–water partition coefficient (Wildman–Crippen LogP) is 1.48. The third-order valence-corrected chi connectivity index (χ3v) is 5.90. The van der Waals surface area contributed by atoms with E-state index in [-0.39, 0.29) is 58.6 Å². The van der Waals surface area contributed by atoms with E-state index in [1.165, 1.54) is 20.1 Å². The number of rotatable bonds is 2. The van der Waals surface area contributed by atoms with E-state index in [4.69, 9.17) is 4.74 Å². The van der Waals surface area contributed by atoms with Crippen LogP contribution < -0.4 is 4.74 Å². The molecule has 2 atom stereocenters. The number of aromatic hydroxyl groups is 2. The molecule has 0 radical (unpaired) electrons. The Morgan fingerprint density at radius 3 is 2.32 bits per heavy atom. The van der Waals surface area contributed by atoms with Gasteiger partial charge in [-0.1, -0.05) is 12.1 Å². The van der Waals surface area contributed by atoms with Gasteiger partial charge < -0.3 is 25.2 Å². The first-order chi connectivity index (χ1) is 13.2. The number of carbonyl (C=O) groups is 2. The molecule has 2 aliphatic rings. The molecule has 0 aromatic heterocycles. The molecule has 4 N–H and O–H groups in total. The smallest absolute Gasteiger partial charge is 0.202 e. The van der Waals surface area contributed by atoms with Crippen molar-refractivity contribution in [3.63, 3.8) is 0 Å². The molecule has 2 aromatic rings. The van der Waals surface area contributed by atoms with E-state index >= 15 is 0 Å². The third kappa shape index (κ3) is 2.30. The van der Waals surface area contributed by atoms with E-state index < -0.39 is 29.0 Å². The van der Waals surface area contributed by atoms with Crippen LogP contribution in [0.25, 0.3) is 0 Å². The van der Waals surface area contributed by atoms with Crippen LogP contribution in [-0.2, 0) is 12.8 Å². The number of phenolic OH excluding ortho intramolecular Hbond substituents is 2.